The van der Waals surface area contributed by atoms with E-state index < -0.39 is 43.4 Å². The molecule has 0 aliphatic carbocycles. The fourth-order valence-electron chi connectivity index (χ4n) is 3.59. The lowest BCUT2D eigenvalue weighted by molar-refractivity contribution is -0.304. The summed E-state index contributed by atoms with van der Waals surface area (Å²) in [5, 5.41) is 51.5. The minimum absolute atomic E-state index is 0.123. The van der Waals surface area contributed by atoms with Crippen molar-refractivity contribution in [2.75, 3.05) is 19.8 Å². The van der Waals surface area contributed by atoms with Gasteiger partial charge in [0, 0.05) is 6.54 Å². The van der Waals surface area contributed by atoms with Gasteiger partial charge in [-0.25, -0.2) is 0 Å². The van der Waals surface area contributed by atoms with E-state index in [1.165, 1.54) is 57.8 Å². The first kappa shape index (κ1) is 28.3. The monoisotopic (exact) mass is 447 g/mol. The van der Waals surface area contributed by atoms with Crippen LogP contribution in [0.2, 0.25) is 0 Å². The first-order chi connectivity index (χ1) is 15.0. The second-order valence-corrected chi connectivity index (χ2v) is 8.47. The average molecular weight is 448 g/mol. The fourth-order valence-corrected chi connectivity index (χ4v) is 3.59. The van der Waals surface area contributed by atoms with Gasteiger partial charge in [-0.05, 0) is 19.0 Å². The van der Waals surface area contributed by atoms with Gasteiger partial charge in [0.1, 0.15) is 24.4 Å². The molecule has 31 heavy (non-hydrogen) atoms. The maximum Gasteiger partial charge on any atom is 0.186 e. The van der Waals surface area contributed by atoms with Gasteiger partial charge in [-0.2, -0.15) is 0 Å². The van der Waals surface area contributed by atoms with Crippen LogP contribution in [0, 0.1) is 0 Å². The molecule has 8 nitrogen and oxygen atoms in total. The Bertz CT molecular complexity index is 450. The Balaban J connectivity index is 2.00. The molecule has 0 saturated carbocycles. The van der Waals surface area contributed by atoms with Crippen molar-refractivity contribution in [2.45, 2.75) is 114 Å². The molecule has 1 rings (SSSR count). The van der Waals surface area contributed by atoms with Crippen LogP contribution in [0.25, 0.3) is 0 Å². The summed E-state index contributed by atoms with van der Waals surface area (Å²) in [5.74, 6) is 0. The van der Waals surface area contributed by atoms with Crippen molar-refractivity contribution in [3.63, 3.8) is 0 Å². The molecule has 184 valence electrons. The van der Waals surface area contributed by atoms with Crippen LogP contribution < -0.4 is 5.32 Å². The highest BCUT2D eigenvalue weighted by Gasteiger charge is 2.44. The SMILES string of the molecule is CCCCCCCCCCCCC=CNCC(O)CO[C@@H]1O[C@H](CO)[C@H](O)[C@H](O)[C@H]1O. The highest BCUT2D eigenvalue weighted by Crippen LogP contribution is 2.22. The zero-order chi connectivity index (χ0) is 22.9. The summed E-state index contributed by atoms with van der Waals surface area (Å²) in [5.41, 5.74) is 0. The molecule has 8 heteroatoms. The van der Waals surface area contributed by atoms with Crippen molar-refractivity contribution in [2.24, 2.45) is 0 Å². The number of hydrogen-bond acceptors (Lipinski definition) is 8. The Morgan fingerprint density at radius 2 is 1.52 bits per heavy atom. The molecular weight excluding hydrogens is 402 g/mol. The summed E-state index contributed by atoms with van der Waals surface area (Å²) in [6, 6.07) is 0. The summed E-state index contributed by atoms with van der Waals surface area (Å²) in [4.78, 5) is 0. The Labute approximate surface area is 187 Å². The molecule has 1 heterocycles. The zero-order valence-corrected chi connectivity index (χ0v) is 19.1. The zero-order valence-electron chi connectivity index (χ0n) is 19.1. The van der Waals surface area contributed by atoms with Crippen LogP contribution in [0.15, 0.2) is 12.3 Å². The van der Waals surface area contributed by atoms with Crippen molar-refractivity contribution in [1.82, 2.24) is 5.32 Å². The van der Waals surface area contributed by atoms with Crippen LogP contribution in [0.3, 0.4) is 0 Å². The molecule has 1 aliphatic rings. The molecule has 0 amide bonds. The van der Waals surface area contributed by atoms with Gasteiger partial charge in [0.05, 0.1) is 19.3 Å². The molecule has 1 unspecified atom stereocenters. The van der Waals surface area contributed by atoms with Gasteiger partial charge < -0.3 is 40.3 Å². The predicted octanol–water partition coefficient (Wildman–Crippen LogP) is 1.58. The van der Waals surface area contributed by atoms with Crippen molar-refractivity contribution in [1.29, 1.82) is 0 Å². The standard InChI is InChI=1S/C23H45NO7/c1-2-3-4-5-6-7-8-9-10-11-12-13-14-24-15-18(26)17-30-23-22(29)21(28)20(27)19(16-25)31-23/h13-14,18-29H,2-12,15-17H2,1H3/t18?,19-,20+,21+,22-,23-/m1/s1. The molecule has 1 saturated heterocycles. The Morgan fingerprint density at radius 1 is 0.903 bits per heavy atom. The van der Waals surface area contributed by atoms with E-state index in [2.05, 4.69) is 18.3 Å². The molecule has 0 bridgehead atoms. The van der Waals surface area contributed by atoms with E-state index in [-0.39, 0.29) is 13.2 Å². The summed E-state index contributed by atoms with van der Waals surface area (Å²) in [7, 11) is 0. The lowest BCUT2D eigenvalue weighted by atomic mass is 9.99. The molecule has 0 spiro atoms. The highest BCUT2D eigenvalue weighted by molar-refractivity contribution is 4.89. The number of ether oxygens (including phenoxy) is 2. The quantitative estimate of drug-likeness (QED) is 0.175. The molecule has 0 aromatic heterocycles. The Morgan fingerprint density at radius 3 is 2.13 bits per heavy atom. The normalized spacial score (nSPS) is 27.6. The first-order valence-electron chi connectivity index (χ1n) is 12.0. The molecule has 1 fully saturated rings. The summed E-state index contributed by atoms with van der Waals surface area (Å²) >= 11 is 0. The average Bonchev–Trinajstić information content (AvgIpc) is 2.77. The molecule has 0 aromatic rings. The van der Waals surface area contributed by atoms with Gasteiger partial charge in [-0.3, -0.25) is 0 Å². The number of nitrogens with one attached hydrogen (secondary N) is 1. The van der Waals surface area contributed by atoms with Crippen LogP contribution in [0.5, 0.6) is 0 Å². The largest absolute Gasteiger partial charge is 0.394 e. The molecule has 0 radical (unpaired) electrons. The molecule has 6 N–H and O–H groups in total. The van der Waals surface area contributed by atoms with Crippen LogP contribution in [-0.4, -0.2) is 82.1 Å². The fraction of sp³-hybridized carbons (Fsp3) is 0.913. The summed E-state index contributed by atoms with van der Waals surface area (Å²) in [6.07, 6.45) is 10.6. The van der Waals surface area contributed by atoms with Gasteiger partial charge in [0.15, 0.2) is 6.29 Å². The molecule has 0 aromatic carbocycles. The Hall–Kier alpha value is -0.740. The van der Waals surface area contributed by atoms with Crippen molar-refractivity contribution in [3.8, 4) is 0 Å². The lowest BCUT2D eigenvalue weighted by Crippen LogP contribution is -2.59. The van der Waals surface area contributed by atoms with E-state index in [0.717, 1.165) is 12.8 Å². The van der Waals surface area contributed by atoms with Gasteiger partial charge in [-0.15, -0.1) is 0 Å². The van der Waals surface area contributed by atoms with Gasteiger partial charge in [0.2, 0.25) is 0 Å². The predicted molar refractivity (Wildman–Crippen MR) is 119 cm³/mol. The number of aliphatic hydroxyl groups excluding tert-OH is 5. The van der Waals surface area contributed by atoms with E-state index in [4.69, 9.17) is 14.6 Å². The van der Waals surface area contributed by atoms with Crippen LogP contribution >= 0.6 is 0 Å². The topological polar surface area (TPSA) is 132 Å². The second-order valence-electron chi connectivity index (χ2n) is 8.47. The van der Waals surface area contributed by atoms with E-state index in [9.17, 15) is 20.4 Å². The molecule has 1 aliphatic heterocycles. The number of hydrogen-bond donors (Lipinski definition) is 6. The first-order valence-corrected chi connectivity index (χ1v) is 12.0. The van der Waals surface area contributed by atoms with Gasteiger partial charge in [-0.1, -0.05) is 70.8 Å². The number of aliphatic hydroxyl groups is 5. The molecule has 6 atom stereocenters. The van der Waals surface area contributed by atoms with Crippen molar-refractivity contribution >= 4 is 0 Å². The second kappa shape index (κ2) is 17.8. The summed E-state index contributed by atoms with van der Waals surface area (Å²) in [6.45, 7) is 1.88. The van der Waals surface area contributed by atoms with Gasteiger partial charge in [0.25, 0.3) is 0 Å². The lowest BCUT2D eigenvalue weighted by Gasteiger charge is -2.39. The van der Waals surface area contributed by atoms with Crippen LogP contribution in [0.1, 0.15) is 77.6 Å². The third-order valence-corrected chi connectivity index (χ3v) is 5.61. The van der Waals surface area contributed by atoms with E-state index in [0.29, 0.717) is 0 Å². The van der Waals surface area contributed by atoms with E-state index in [1.807, 2.05) is 6.20 Å². The van der Waals surface area contributed by atoms with Crippen LogP contribution in [-0.2, 0) is 9.47 Å². The Kier molecular flexibility index (Phi) is 16.2. The maximum atomic E-state index is 9.98. The van der Waals surface area contributed by atoms with Crippen molar-refractivity contribution < 1.29 is 35.0 Å². The number of allylic oxidation sites excluding steroid dienone is 1. The smallest absolute Gasteiger partial charge is 0.186 e. The molecular formula is C23H45NO7. The number of rotatable bonds is 18. The minimum Gasteiger partial charge on any atom is -0.394 e. The maximum absolute atomic E-state index is 9.98. The third-order valence-electron chi connectivity index (χ3n) is 5.61. The van der Waals surface area contributed by atoms with E-state index in [1.54, 1.807) is 0 Å². The van der Waals surface area contributed by atoms with E-state index >= 15 is 0 Å². The minimum atomic E-state index is -1.49. The third kappa shape index (κ3) is 12.2. The number of unbranched alkanes of at least 4 members (excludes halogenated alkanes) is 10. The highest BCUT2D eigenvalue weighted by atomic mass is 16.7. The summed E-state index contributed by atoms with van der Waals surface area (Å²) < 4.78 is 10.5. The van der Waals surface area contributed by atoms with Crippen molar-refractivity contribution in [3.05, 3.63) is 12.3 Å². The van der Waals surface area contributed by atoms with Crippen LogP contribution in [0.4, 0.5) is 0 Å². The van der Waals surface area contributed by atoms with Gasteiger partial charge >= 0.3 is 0 Å².